The number of dihydropyridines is 1. The van der Waals surface area contributed by atoms with Gasteiger partial charge < -0.3 is 15.4 Å². The Morgan fingerprint density at radius 2 is 2.03 bits per heavy atom. The van der Waals surface area contributed by atoms with Crippen molar-refractivity contribution in [2.24, 2.45) is 5.41 Å². The summed E-state index contributed by atoms with van der Waals surface area (Å²) < 4.78 is 6.86. The fourth-order valence-corrected chi connectivity index (χ4v) is 5.83. The summed E-state index contributed by atoms with van der Waals surface area (Å²) in [7, 11) is 1.62. The first-order chi connectivity index (χ1) is 17.3. The highest BCUT2D eigenvalue weighted by atomic mass is 32.1. The number of allylic oxidation sites excluding steroid dienone is 3. The Bertz CT molecular complexity index is 1370. The van der Waals surface area contributed by atoms with Crippen LogP contribution in [0.15, 0.2) is 70.5 Å². The molecule has 1 unspecified atom stereocenters. The van der Waals surface area contributed by atoms with Gasteiger partial charge in [-0.3, -0.25) is 9.59 Å². The second-order valence-electron chi connectivity index (χ2n) is 9.98. The maximum atomic E-state index is 13.5. The predicted octanol–water partition coefficient (Wildman–Crippen LogP) is 4.26. The number of thiophene rings is 1. The second kappa shape index (κ2) is 9.39. The standard InChI is InChI=1S/C27H29N5O3S/c1-16-23(25(22-6-5-11-36-22)24-20(29-16)12-27(2,3)13-21(24)33)26(34)28-14-17-15-32(31-30-17)18-7-9-19(35-4)10-8-18/h5-11,15,25,29H,12-14H2,1-4H3,(H,28,34). The fraction of sp³-hybridized carbons (Fsp3) is 0.333. The molecule has 1 amide bonds. The molecule has 3 heterocycles. The summed E-state index contributed by atoms with van der Waals surface area (Å²) in [4.78, 5) is 27.8. The summed E-state index contributed by atoms with van der Waals surface area (Å²) in [5.41, 5.74) is 4.36. The molecule has 0 bridgehead atoms. The fourth-order valence-electron chi connectivity index (χ4n) is 4.98. The van der Waals surface area contributed by atoms with Gasteiger partial charge in [0.05, 0.1) is 31.5 Å². The lowest BCUT2D eigenvalue weighted by atomic mass is 9.69. The Kier molecular flexibility index (Phi) is 6.26. The van der Waals surface area contributed by atoms with E-state index in [1.165, 1.54) is 0 Å². The van der Waals surface area contributed by atoms with Crippen LogP contribution >= 0.6 is 11.3 Å². The number of ketones is 1. The zero-order chi connectivity index (χ0) is 25.4. The van der Waals surface area contributed by atoms with Crippen molar-refractivity contribution in [3.8, 4) is 11.4 Å². The summed E-state index contributed by atoms with van der Waals surface area (Å²) >= 11 is 1.57. The Labute approximate surface area is 214 Å². The van der Waals surface area contributed by atoms with Gasteiger partial charge in [-0.25, -0.2) is 4.68 Å². The van der Waals surface area contributed by atoms with Crippen LogP contribution in [0.25, 0.3) is 5.69 Å². The number of carbonyl (C=O) groups excluding carboxylic acids is 2. The van der Waals surface area contributed by atoms with Crippen molar-refractivity contribution in [3.05, 3.63) is 81.1 Å². The Balaban J connectivity index is 1.37. The smallest absolute Gasteiger partial charge is 0.250 e. The van der Waals surface area contributed by atoms with E-state index in [2.05, 4.69) is 34.8 Å². The Morgan fingerprint density at radius 3 is 2.72 bits per heavy atom. The Morgan fingerprint density at radius 1 is 1.25 bits per heavy atom. The van der Waals surface area contributed by atoms with Crippen LogP contribution in [0.2, 0.25) is 0 Å². The van der Waals surface area contributed by atoms with Crippen molar-refractivity contribution < 1.29 is 14.3 Å². The summed E-state index contributed by atoms with van der Waals surface area (Å²) in [6.45, 7) is 6.34. The molecule has 3 aromatic rings. The summed E-state index contributed by atoms with van der Waals surface area (Å²) in [6, 6.07) is 11.4. The van der Waals surface area contributed by atoms with Gasteiger partial charge in [-0.1, -0.05) is 25.1 Å². The van der Waals surface area contributed by atoms with Gasteiger partial charge in [0.1, 0.15) is 11.4 Å². The number of nitrogens with zero attached hydrogens (tertiary/aromatic N) is 3. The molecule has 9 heteroatoms. The maximum absolute atomic E-state index is 13.5. The predicted molar refractivity (Wildman–Crippen MR) is 138 cm³/mol. The third-order valence-corrected chi connectivity index (χ3v) is 7.56. The molecule has 2 N–H and O–H groups in total. The van der Waals surface area contributed by atoms with E-state index in [0.717, 1.165) is 39.7 Å². The van der Waals surface area contributed by atoms with Crippen LogP contribution < -0.4 is 15.4 Å². The third-order valence-electron chi connectivity index (χ3n) is 6.62. The zero-order valence-corrected chi connectivity index (χ0v) is 21.6. The van der Waals surface area contributed by atoms with E-state index in [0.29, 0.717) is 17.7 Å². The number of rotatable bonds is 6. The largest absolute Gasteiger partial charge is 0.497 e. The molecule has 0 spiro atoms. The molecule has 186 valence electrons. The van der Waals surface area contributed by atoms with E-state index in [9.17, 15) is 9.59 Å². The molecule has 8 nitrogen and oxygen atoms in total. The highest BCUT2D eigenvalue weighted by molar-refractivity contribution is 7.10. The van der Waals surface area contributed by atoms with Gasteiger partial charge in [-0.15, -0.1) is 16.4 Å². The molecule has 1 aliphatic heterocycles. The molecule has 2 aliphatic rings. The number of nitrogens with one attached hydrogen (secondary N) is 2. The average molecular weight is 504 g/mol. The molecular weight excluding hydrogens is 474 g/mol. The molecule has 0 fully saturated rings. The number of hydrogen-bond donors (Lipinski definition) is 2. The van der Waals surface area contributed by atoms with Crippen molar-refractivity contribution in [1.29, 1.82) is 0 Å². The van der Waals surface area contributed by atoms with Gasteiger partial charge in [0.2, 0.25) is 5.91 Å². The normalized spacial score (nSPS) is 19.1. The van der Waals surface area contributed by atoms with Crippen LogP contribution in [0.3, 0.4) is 0 Å². The van der Waals surface area contributed by atoms with Crippen LogP contribution in [0.4, 0.5) is 0 Å². The quantitative estimate of drug-likeness (QED) is 0.522. The van der Waals surface area contributed by atoms with Gasteiger partial charge in [0.15, 0.2) is 5.78 Å². The number of carbonyl (C=O) groups is 2. The number of amides is 1. The first-order valence-electron chi connectivity index (χ1n) is 11.9. The van der Waals surface area contributed by atoms with Gasteiger partial charge in [0.25, 0.3) is 0 Å². The monoisotopic (exact) mass is 503 g/mol. The number of benzene rings is 1. The number of methoxy groups -OCH3 is 1. The molecule has 1 aliphatic carbocycles. The molecule has 0 saturated heterocycles. The molecule has 0 saturated carbocycles. The lowest BCUT2D eigenvalue weighted by Crippen LogP contribution is -2.40. The van der Waals surface area contributed by atoms with Gasteiger partial charge in [-0.2, -0.15) is 0 Å². The molecule has 2 aromatic heterocycles. The third kappa shape index (κ3) is 4.58. The first-order valence-corrected chi connectivity index (χ1v) is 12.7. The minimum absolute atomic E-state index is 0.104. The summed E-state index contributed by atoms with van der Waals surface area (Å²) in [5.74, 6) is 0.267. The minimum atomic E-state index is -0.375. The molecule has 1 aromatic carbocycles. The minimum Gasteiger partial charge on any atom is -0.497 e. The van der Waals surface area contributed by atoms with E-state index in [1.54, 1.807) is 29.3 Å². The first kappa shape index (κ1) is 24.0. The van der Waals surface area contributed by atoms with Crippen molar-refractivity contribution >= 4 is 23.0 Å². The van der Waals surface area contributed by atoms with Crippen molar-refractivity contribution in [2.75, 3.05) is 7.11 Å². The van der Waals surface area contributed by atoms with Crippen LogP contribution in [-0.4, -0.2) is 33.8 Å². The molecule has 36 heavy (non-hydrogen) atoms. The topological polar surface area (TPSA) is 98.1 Å². The van der Waals surface area contributed by atoms with Crippen LogP contribution in [-0.2, 0) is 16.1 Å². The van der Waals surface area contributed by atoms with Crippen LogP contribution in [0.5, 0.6) is 5.75 Å². The van der Waals surface area contributed by atoms with E-state index in [1.807, 2.05) is 48.7 Å². The molecule has 5 rings (SSSR count). The molecular formula is C27H29N5O3S. The zero-order valence-electron chi connectivity index (χ0n) is 20.8. The SMILES string of the molecule is COc1ccc(-n2cc(CNC(=O)C3=C(C)NC4=C(C(=O)CC(C)(C)C4)C3c3cccs3)nn2)cc1. The summed E-state index contributed by atoms with van der Waals surface area (Å²) in [6.07, 6.45) is 3.03. The number of Topliss-reactive ketones (excluding diaryl/α,β-unsaturated/α-hetero) is 1. The van der Waals surface area contributed by atoms with Gasteiger partial charge in [-0.05, 0) is 54.5 Å². The van der Waals surface area contributed by atoms with E-state index < -0.39 is 0 Å². The van der Waals surface area contributed by atoms with Crippen molar-refractivity contribution in [1.82, 2.24) is 25.6 Å². The average Bonchev–Trinajstić information content (AvgIpc) is 3.53. The van der Waals surface area contributed by atoms with Gasteiger partial charge in [0, 0.05) is 33.8 Å². The number of aromatic nitrogens is 3. The lowest BCUT2D eigenvalue weighted by molar-refractivity contribution is -0.118. The molecule has 0 radical (unpaired) electrons. The van der Waals surface area contributed by atoms with Crippen molar-refractivity contribution in [2.45, 2.75) is 46.1 Å². The van der Waals surface area contributed by atoms with Crippen molar-refractivity contribution in [3.63, 3.8) is 0 Å². The Hall–Kier alpha value is -3.72. The van der Waals surface area contributed by atoms with E-state index >= 15 is 0 Å². The highest BCUT2D eigenvalue weighted by Crippen LogP contribution is 2.47. The number of hydrogen-bond acceptors (Lipinski definition) is 7. The maximum Gasteiger partial charge on any atom is 0.250 e. The molecule has 1 atom stereocenters. The highest BCUT2D eigenvalue weighted by Gasteiger charge is 2.43. The number of ether oxygens (including phenoxy) is 1. The van der Waals surface area contributed by atoms with Crippen LogP contribution in [0.1, 0.15) is 50.1 Å². The van der Waals surface area contributed by atoms with E-state index in [4.69, 9.17) is 4.74 Å². The van der Waals surface area contributed by atoms with Crippen LogP contribution in [0, 0.1) is 5.41 Å². The lowest BCUT2D eigenvalue weighted by Gasteiger charge is -2.39. The summed E-state index contributed by atoms with van der Waals surface area (Å²) in [5, 5.41) is 16.8. The van der Waals surface area contributed by atoms with E-state index in [-0.39, 0.29) is 29.6 Å². The second-order valence-corrected chi connectivity index (χ2v) is 11.0. The van der Waals surface area contributed by atoms with Gasteiger partial charge >= 0.3 is 0 Å².